The van der Waals surface area contributed by atoms with Crippen molar-refractivity contribution in [1.82, 2.24) is 0 Å². The van der Waals surface area contributed by atoms with E-state index in [4.69, 9.17) is 5.11 Å². The van der Waals surface area contributed by atoms with Crippen LogP contribution in [0.3, 0.4) is 0 Å². The third kappa shape index (κ3) is 3.30. The summed E-state index contributed by atoms with van der Waals surface area (Å²) >= 11 is 0. The van der Waals surface area contributed by atoms with Crippen molar-refractivity contribution in [2.24, 2.45) is 0 Å². The number of hydrogen-bond donors (Lipinski definition) is 1. The number of carboxylic acid groups (broad SMARTS) is 1. The molecule has 1 aromatic carbocycles. The van der Waals surface area contributed by atoms with Crippen molar-refractivity contribution in [3.05, 3.63) is 29.8 Å². The van der Waals surface area contributed by atoms with Gasteiger partial charge in [-0.05, 0) is 12.1 Å². The number of para-hydroxylation sites is 1. The maximum absolute atomic E-state index is 10.2. The smallest absolute Gasteiger partial charge is 0.545 e. The van der Waals surface area contributed by atoms with Gasteiger partial charge in [0.2, 0.25) is 0 Å². The Morgan fingerprint density at radius 3 is 2.17 bits per heavy atom. The van der Waals surface area contributed by atoms with Crippen LogP contribution in [-0.2, 0) is 0 Å². The Balaban J connectivity index is 0. The normalized spacial score (nSPS) is 7.67. The Labute approximate surface area is 94.3 Å². The number of carboxylic acids is 1. The molecule has 1 N–H and O–H groups in total. The Bertz CT molecular complexity index is 265. The molecule has 0 saturated carbocycles. The molecule has 0 bridgehead atoms. The molecule has 0 saturated heterocycles. The zero-order chi connectivity index (χ0) is 7.56. The summed E-state index contributed by atoms with van der Waals surface area (Å²) in [6.07, 6.45) is 0. The Morgan fingerprint density at radius 1 is 1.33 bits per heavy atom. The monoisotopic (exact) mass is 174 g/mol. The van der Waals surface area contributed by atoms with Crippen LogP contribution in [0.15, 0.2) is 24.3 Å². The third-order valence-corrected chi connectivity index (χ3v) is 1.12. The van der Waals surface area contributed by atoms with Crippen molar-refractivity contribution < 1.29 is 44.6 Å². The predicted molar refractivity (Wildman–Crippen MR) is 42.4 cm³/mol. The molecular weight excluding hydrogens is 166 g/mol. The van der Waals surface area contributed by atoms with Gasteiger partial charge in [-0.15, -0.1) is 0 Å². The van der Waals surface area contributed by atoms with Crippen molar-refractivity contribution >= 4 is 14.4 Å². The van der Waals surface area contributed by atoms with Crippen molar-refractivity contribution in [3.63, 3.8) is 0 Å². The van der Waals surface area contributed by atoms with Gasteiger partial charge in [0.25, 0.3) is 0 Å². The van der Waals surface area contributed by atoms with Gasteiger partial charge >= 0.3 is 29.6 Å². The number of carbonyl (C=O) groups excluding carboxylic acids is 1. The van der Waals surface area contributed by atoms with E-state index in [0.29, 0.717) is 0 Å². The number of rotatable bonds is 1. The van der Waals surface area contributed by atoms with Crippen LogP contribution in [0.5, 0.6) is 5.75 Å². The SMILES string of the molecule is B.O=C([O-])c1ccccc1O.[Na+]. The van der Waals surface area contributed by atoms with E-state index in [1.165, 1.54) is 18.2 Å². The van der Waals surface area contributed by atoms with E-state index in [9.17, 15) is 9.90 Å². The summed E-state index contributed by atoms with van der Waals surface area (Å²) < 4.78 is 0. The molecule has 0 amide bonds. The van der Waals surface area contributed by atoms with E-state index in [-0.39, 0.29) is 49.3 Å². The standard InChI is InChI=1S/C7H6O3.BH3.Na/c8-6-4-2-1-3-5(6)7(9)10;;/h1-4,8H,(H,9,10);1H3;/q;;+1/p-1. The summed E-state index contributed by atoms with van der Waals surface area (Å²) in [4.78, 5) is 10.2. The molecule has 0 spiro atoms. The summed E-state index contributed by atoms with van der Waals surface area (Å²) in [5, 5.41) is 19.0. The molecule has 1 rings (SSSR count). The first-order valence-corrected chi connectivity index (χ1v) is 2.71. The topological polar surface area (TPSA) is 60.4 Å². The minimum atomic E-state index is -1.36. The minimum Gasteiger partial charge on any atom is -0.545 e. The third-order valence-electron chi connectivity index (χ3n) is 1.12. The second kappa shape index (κ2) is 6.11. The first-order chi connectivity index (χ1) is 4.72. The van der Waals surface area contributed by atoms with Gasteiger partial charge in [0.15, 0.2) is 0 Å². The number of hydrogen-bond acceptors (Lipinski definition) is 3. The number of benzene rings is 1. The fourth-order valence-electron chi connectivity index (χ4n) is 0.646. The van der Waals surface area contributed by atoms with E-state index in [0.717, 1.165) is 0 Å². The summed E-state index contributed by atoms with van der Waals surface area (Å²) in [5.41, 5.74) is -0.178. The van der Waals surface area contributed by atoms with Crippen LogP contribution in [0.2, 0.25) is 0 Å². The molecule has 0 aliphatic heterocycles. The van der Waals surface area contributed by atoms with Crippen LogP contribution in [0.25, 0.3) is 0 Å². The van der Waals surface area contributed by atoms with Crippen LogP contribution in [0.4, 0.5) is 0 Å². The molecule has 0 fully saturated rings. The molecular formula is C7H8BNaO3. The van der Waals surface area contributed by atoms with E-state index in [2.05, 4.69) is 0 Å². The molecule has 12 heavy (non-hydrogen) atoms. The van der Waals surface area contributed by atoms with Gasteiger partial charge < -0.3 is 15.0 Å². The number of carbonyl (C=O) groups is 1. The fourth-order valence-corrected chi connectivity index (χ4v) is 0.646. The average Bonchev–Trinajstić information content (AvgIpc) is 1.88. The van der Waals surface area contributed by atoms with Crippen molar-refractivity contribution in [1.29, 1.82) is 0 Å². The second-order valence-electron chi connectivity index (χ2n) is 1.80. The number of aromatic carboxylic acids is 1. The van der Waals surface area contributed by atoms with Crippen LogP contribution in [0, 0.1) is 0 Å². The summed E-state index contributed by atoms with van der Waals surface area (Å²) in [6.45, 7) is 0. The minimum absolute atomic E-state index is 0. The Kier molecular flexibility index (Phi) is 7.18. The van der Waals surface area contributed by atoms with Crippen molar-refractivity contribution in [3.8, 4) is 5.75 Å². The predicted octanol–water partition coefficient (Wildman–Crippen LogP) is -4.42. The van der Waals surface area contributed by atoms with Crippen LogP contribution >= 0.6 is 0 Å². The van der Waals surface area contributed by atoms with E-state index in [1.54, 1.807) is 6.07 Å². The van der Waals surface area contributed by atoms with E-state index >= 15 is 0 Å². The van der Waals surface area contributed by atoms with Crippen LogP contribution in [0.1, 0.15) is 10.4 Å². The largest absolute Gasteiger partial charge is 1.00 e. The van der Waals surface area contributed by atoms with Gasteiger partial charge in [-0.2, -0.15) is 0 Å². The van der Waals surface area contributed by atoms with Gasteiger partial charge in [0.1, 0.15) is 5.75 Å². The van der Waals surface area contributed by atoms with Gasteiger partial charge in [-0.25, -0.2) is 0 Å². The molecule has 0 aliphatic rings. The average molecular weight is 174 g/mol. The van der Waals surface area contributed by atoms with Crippen LogP contribution < -0.4 is 34.7 Å². The molecule has 0 atom stereocenters. The molecule has 0 unspecified atom stereocenters. The van der Waals surface area contributed by atoms with Gasteiger partial charge in [-0.3, -0.25) is 0 Å². The zero-order valence-electron chi connectivity index (χ0n) is 6.07. The quantitative estimate of drug-likeness (QED) is 0.437. The Hall–Kier alpha value is -0.445. The summed E-state index contributed by atoms with van der Waals surface area (Å²) in [6, 6.07) is 5.64. The Morgan fingerprint density at radius 2 is 1.83 bits per heavy atom. The molecule has 0 heterocycles. The molecule has 1 aromatic rings. The van der Waals surface area contributed by atoms with Crippen molar-refractivity contribution in [2.45, 2.75) is 0 Å². The fraction of sp³-hybridized carbons (Fsp3) is 0. The van der Waals surface area contributed by atoms with Gasteiger partial charge in [0.05, 0.1) is 14.4 Å². The van der Waals surface area contributed by atoms with Crippen LogP contribution in [-0.4, -0.2) is 19.5 Å². The summed E-state index contributed by atoms with van der Waals surface area (Å²) in [5.74, 6) is -1.62. The maximum atomic E-state index is 10.2. The molecule has 0 aromatic heterocycles. The molecule has 58 valence electrons. The first kappa shape index (κ1) is 14.1. The first-order valence-electron chi connectivity index (χ1n) is 2.71. The van der Waals surface area contributed by atoms with E-state index in [1.807, 2.05) is 0 Å². The second-order valence-corrected chi connectivity index (χ2v) is 1.80. The molecule has 5 heteroatoms. The molecule has 0 radical (unpaired) electrons. The van der Waals surface area contributed by atoms with Gasteiger partial charge in [0, 0.05) is 5.56 Å². The summed E-state index contributed by atoms with van der Waals surface area (Å²) in [7, 11) is 0. The molecule has 3 nitrogen and oxygen atoms in total. The van der Waals surface area contributed by atoms with Gasteiger partial charge in [-0.1, -0.05) is 12.1 Å². The van der Waals surface area contributed by atoms with Crippen molar-refractivity contribution in [2.75, 3.05) is 0 Å². The zero-order valence-corrected chi connectivity index (χ0v) is 8.07. The number of phenols is 1. The number of aromatic hydroxyl groups is 1. The van der Waals surface area contributed by atoms with E-state index < -0.39 is 5.97 Å². The maximum Gasteiger partial charge on any atom is 1.00 e. The molecule has 0 aliphatic carbocycles.